The van der Waals surface area contributed by atoms with Crippen molar-refractivity contribution in [3.63, 3.8) is 0 Å². The van der Waals surface area contributed by atoms with E-state index in [0.717, 1.165) is 23.9 Å². The maximum atomic E-state index is 12.6. The predicted octanol–water partition coefficient (Wildman–Crippen LogP) is 5.17. The van der Waals surface area contributed by atoms with Crippen molar-refractivity contribution < 1.29 is 9.21 Å². The lowest BCUT2D eigenvalue weighted by Gasteiger charge is -2.14. The number of nitrogens with one attached hydrogen (secondary N) is 1. The highest BCUT2D eigenvalue weighted by Crippen LogP contribution is 2.19. The summed E-state index contributed by atoms with van der Waals surface area (Å²) in [7, 11) is 0. The molecule has 4 nitrogen and oxygen atoms in total. The monoisotopic (exact) mass is 384 g/mol. The Morgan fingerprint density at radius 3 is 2.38 bits per heavy atom. The molecule has 3 aromatic carbocycles. The summed E-state index contributed by atoms with van der Waals surface area (Å²) in [5.41, 5.74) is 4.42. The molecule has 0 saturated heterocycles. The molecule has 146 valence electrons. The number of hydrogen-bond donors (Lipinski definition) is 1. The Labute approximate surface area is 170 Å². The van der Waals surface area contributed by atoms with Crippen LogP contribution < -0.4 is 5.32 Å². The first-order chi connectivity index (χ1) is 14.2. The van der Waals surface area contributed by atoms with Gasteiger partial charge in [-0.3, -0.25) is 4.79 Å². The molecule has 1 atom stereocenters. The largest absolute Gasteiger partial charge is 0.440 e. The van der Waals surface area contributed by atoms with Crippen molar-refractivity contribution in [2.24, 2.45) is 0 Å². The second-order valence-electron chi connectivity index (χ2n) is 7.35. The first kappa shape index (κ1) is 18.9. The Bertz CT molecular complexity index is 1090. The van der Waals surface area contributed by atoms with Crippen molar-refractivity contribution in [3.8, 4) is 0 Å². The third kappa shape index (κ3) is 4.91. The van der Waals surface area contributed by atoms with Gasteiger partial charge in [0.2, 0.25) is 0 Å². The Morgan fingerprint density at radius 2 is 1.66 bits per heavy atom. The lowest BCUT2D eigenvalue weighted by Crippen LogP contribution is -2.32. The molecule has 0 aliphatic heterocycles. The number of carbonyl (C=O) groups is 1. The minimum Gasteiger partial charge on any atom is -0.440 e. The van der Waals surface area contributed by atoms with E-state index in [9.17, 15) is 4.79 Å². The van der Waals surface area contributed by atoms with Gasteiger partial charge in [0.15, 0.2) is 11.5 Å². The van der Waals surface area contributed by atoms with E-state index < -0.39 is 0 Å². The number of amides is 1. The summed E-state index contributed by atoms with van der Waals surface area (Å²) < 4.78 is 5.88. The standard InChI is InChI=1S/C25H24N2O2/c1-18(12-13-19-8-4-2-5-9-19)26-25(28)21-14-15-22-23(17-21)29-24(27-22)16-20-10-6-3-7-11-20/h2-11,14-15,17-18H,12-13,16H2,1H3,(H,26,28). The summed E-state index contributed by atoms with van der Waals surface area (Å²) in [5.74, 6) is 0.563. The molecule has 0 bridgehead atoms. The molecule has 1 amide bonds. The van der Waals surface area contributed by atoms with E-state index >= 15 is 0 Å². The van der Waals surface area contributed by atoms with Gasteiger partial charge in [-0.15, -0.1) is 0 Å². The molecule has 4 heteroatoms. The smallest absolute Gasteiger partial charge is 0.251 e. The highest BCUT2D eigenvalue weighted by Gasteiger charge is 2.13. The highest BCUT2D eigenvalue weighted by molar-refractivity contribution is 5.97. The summed E-state index contributed by atoms with van der Waals surface area (Å²) >= 11 is 0. The second kappa shape index (κ2) is 8.74. The fourth-order valence-corrected chi connectivity index (χ4v) is 3.37. The van der Waals surface area contributed by atoms with E-state index in [2.05, 4.69) is 22.4 Å². The molecular weight excluding hydrogens is 360 g/mol. The number of carbonyl (C=O) groups excluding carboxylic acids is 1. The van der Waals surface area contributed by atoms with Crippen LogP contribution in [0, 0.1) is 0 Å². The van der Waals surface area contributed by atoms with Crippen LogP contribution in [0.15, 0.2) is 83.3 Å². The number of benzene rings is 3. The van der Waals surface area contributed by atoms with Crippen LogP contribution in [0.3, 0.4) is 0 Å². The molecule has 4 aromatic rings. The lowest BCUT2D eigenvalue weighted by molar-refractivity contribution is 0.0938. The molecule has 0 spiro atoms. The van der Waals surface area contributed by atoms with Gasteiger partial charge in [-0.05, 0) is 49.1 Å². The molecule has 1 heterocycles. The van der Waals surface area contributed by atoms with Crippen LogP contribution in [-0.2, 0) is 12.8 Å². The number of nitrogens with zero attached hydrogens (tertiary/aromatic N) is 1. The van der Waals surface area contributed by atoms with Crippen molar-refractivity contribution in [1.82, 2.24) is 10.3 Å². The van der Waals surface area contributed by atoms with Gasteiger partial charge in [-0.2, -0.15) is 0 Å². The van der Waals surface area contributed by atoms with E-state index in [-0.39, 0.29) is 11.9 Å². The summed E-state index contributed by atoms with van der Waals surface area (Å²) in [6.07, 6.45) is 2.46. The SMILES string of the molecule is CC(CCc1ccccc1)NC(=O)c1ccc2nc(Cc3ccccc3)oc2c1. The zero-order chi connectivity index (χ0) is 20.1. The molecule has 0 fully saturated rings. The van der Waals surface area contributed by atoms with Crippen LogP contribution in [-0.4, -0.2) is 16.9 Å². The molecule has 1 unspecified atom stereocenters. The first-order valence-electron chi connectivity index (χ1n) is 9.95. The molecule has 0 aliphatic rings. The maximum absolute atomic E-state index is 12.6. The normalized spacial score (nSPS) is 12.0. The third-order valence-electron chi connectivity index (χ3n) is 4.98. The molecule has 4 rings (SSSR count). The molecule has 0 radical (unpaired) electrons. The topological polar surface area (TPSA) is 55.1 Å². The van der Waals surface area contributed by atoms with Crippen molar-refractivity contribution in [3.05, 3.63) is 101 Å². The quantitative estimate of drug-likeness (QED) is 0.478. The van der Waals surface area contributed by atoms with Crippen LogP contribution >= 0.6 is 0 Å². The molecular formula is C25H24N2O2. The highest BCUT2D eigenvalue weighted by atomic mass is 16.3. The summed E-state index contributed by atoms with van der Waals surface area (Å²) in [6, 6.07) is 25.9. The van der Waals surface area contributed by atoms with Crippen LogP contribution in [0.2, 0.25) is 0 Å². The molecule has 1 aromatic heterocycles. The van der Waals surface area contributed by atoms with Gasteiger partial charge >= 0.3 is 0 Å². The van der Waals surface area contributed by atoms with Gasteiger partial charge in [0.1, 0.15) is 5.52 Å². The zero-order valence-electron chi connectivity index (χ0n) is 16.5. The predicted molar refractivity (Wildman–Crippen MR) is 115 cm³/mol. The van der Waals surface area contributed by atoms with Crippen LogP contribution in [0.5, 0.6) is 0 Å². The third-order valence-corrected chi connectivity index (χ3v) is 4.98. The summed E-state index contributed by atoms with van der Waals surface area (Å²) in [5, 5.41) is 3.08. The number of aromatic nitrogens is 1. The number of oxazole rings is 1. The van der Waals surface area contributed by atoms with Gasteiger partial charge in [-0.25, -0.2) is 4.98 Å². The van der Waals surface area contributed by atoms with Gasteiger partial charge in [0, 0.05) is 18.0 Å². The molecule has 0 aliphatic carbocycles. The number of rotatable bonds is 7. The Morgan fingerprint density at radius 1 is 0.966 bits per heavy atom. The number of fused-ring (bicyclic) bond motifs is 1. The Kier molecular flexibility index (Phi) is 5.71. The molecule has 1 N–H and O–H groups in total. The average Bonchev–Trinajstić information content (AvgIpc) is 3.15. The molecule has 0 saturated carbocycles. The minimum absolute atomic E-state index is 0.0850. The zero-order valence-corrected chi connectivity index (χ0v) is 16.5. The Balaban J connectivity index is 1.39. The van der Waals surface area contributed by atoms with E-state index in [1.54, 1.807) is 12.1 Å². The second-order valence-corrected chi connectivity index (χ2v) is 7.35. The fraction of sp³-hybridized carbons (Fsp3) is 0.200. The summed E-state index contributed by atoms with van der Waals surface area (Å²) in [6.45, 7) is 2.03. The van der Waals surface area contributed by atoms with E-state index in [1.807, 2.05) is 61.5 Å². The lowest BCUT2D eigenvalue weighted by atomic mass is 10.1. The van der Waals surface area contributed by atoms with Crippen molar-refractivity contribution >= 4 is 17.0 Å². The van der Waals surface area contributed by atoms with Crippen molar-refractivity contribution in [2.45, 2.75) is 32.2 Å². The van der Waals surface area contributed by atoms with E-state index in [1.165, 1.54) is 5.56 Å². The average molecular weight is 384 g/mol. The van der Waals surface area contributed by atoms with Gasteiger partial charge in [0.25, 0.3) is 5.91 Å². The minimum atomic E-state index is -0.0894. The molecule has 29 heavy (non-hydrogen) atoms. The number of hydrogen-bond acceptors (Lipinski definition) is 3. The van der Waals surface area contributed by atoms with Crippen molar-refractivity contribution in [2.75, 3.05) is 0 Å². The maximum Gasteiger partial charge on any atom is 0.251 e. The van der Waals surface area contributed by atoms with Crippen LogP contribution in [0.25, 0.3) is 11.1 Å². The number of aryl methyl sites for hydroxylation is 1. The van der Waals surface area contributed by atoms with Crippen molar-refractivity contribution in [1.29, 1.82) is 0 Å². The van der Waals surface area contributed by atoms with Crippen LogP contribution in [0.4, 0.5) is 0 Å². The summed E-state index contributed by atoms with van der Waals surface area (Å²) in [4.78, 5) is 17.2. The van der Waals surface area contributed by atoms with E-state index in [0.29, 0.717) is 23.5 Å². The van der Waals surface area contributed by atoms with Gasteiger partial charge in [-0.1, -0.05) is 60.7 Å². The van der Waals surface area contributed by atoms with E-state index in [4.69, 9.17) is 4.42 Å². The first-order valence-corrected chi connectivity index (χ1v) is 9.95. The van der Waals surface area contributed by atoms with Gasteiger partial charge < -0.3 is 9.73 Å². The van der Waals surface area contributed by atoms with Gasteiger partial charge in [0.05, 0.1) is 0 Å². The fourth-order valence-electron chi connectivity index (χ4n) is 3.37. The Hall–Kier alpha value is -3.40. The van der Waals surface area contributed by atoms with Crippen LogP contribution in [0.1, 0.15) is 40.7 Å².